The van der Waals surface area contributed by atoms with Gasteiger partial charge in [0, 0.05) is 0 Å². The molecule has 0 heterocycles. The minimum Gasteiger partial charge on any atom is -0.465 e. The summed E-state index contributed by atoms with van der Waals surface area (Å²) in [6.07, 6.45) is 13.0. The van der Waals surface area contributed by atoms with Crippen LogP contribution in [0.3, 0.4) is 0 Å². The van der Waals surface area contributed by atoms with Crippen molar-refractivity contribution in [2.75, 3.05) is 20.7 Å². The van der Waals surface area contributed by atoms with Crippen LogP contribution in [0.2, 0.25) is 0 Å². The van der Waals surface area contributed by atoms with Crippen LogP contribution in [0.1, 0.15) is 83.6 Å². The molecule has 0 spiro atoms. The summed E-state index contributed by atoms with van der Waals surface area (Å²) in [6, 6.07) is 6.13. The fourth-order valence-electron chi connectivity index (χ4n) is 2.94. The number of likely N-dealkylation sites (N-methyl/N-ethyl adjacent to an activating group) is 1. The molecule has 0 aliphatic carbocycles. The van der Waals surface area contributed by atoms with Crippen molar-refractivity contribution in [1.29, 1.82) is 0 Å². The molecule has 0 aliphatic rings. The number of esters is 1. The first kappa shape index (κ1) is 29.6. The molecule has 0 saturated carbocycles. The Labute approximate surface area is 190 Å². The summed E-state index contributed by atoms with van der Waals surface area (Å²) < 4.78 is 35.1. The molecule has 0 saturated heterocycles. The molecule has 0 amide bonds. The third-order valence-electron chi connectivity index (χ3n) is 5.23. The highest BCUT2D eigenvalue weighted by molar-refractivity contribution is 7.85. The van der Waals surface area contributed by atoms with Gasteiger partial charge in [0.2, 0.25) is 0 Å². The molecule has 0 bridgehead atoms. The second kappa shape index (κ2) is 17.2. The summed E-state index contributed by atoms with van der Waals surface area (Å²) in [5, 5.41) is 0. The van der Waals surface area contributed by atoms with Crippen molar-refractivity contribution < 1.29 is 22.5 Å². The summed E-state index contributed by atoms with van der Waals surface area (Å²) >= 11 is 0. The first-order valence-corrected chi connectivity index (χ1v) is 12.9. The van der Waals surface area contributed by atoms with E-state index >= 15 is 0 Å². The Morgan fingerprint density at radius 1 is 0.968 bits per heavy atom. The van der Waals surface area contributed by atoms with Crippen LogP contribution in [0.15, 0.2) is 29.2 Å². The number of ether oxygens (including phenoxy) is 1. The van der Waals surface area contributed by atoms with Crippen LogP contribution in [-0.2, 0) is 19.6 Å². The Morgan fingerprint density at radius 3 is 1.87 bits per heavy atom. The molecule has 1 atom stereocenters. The van der Waals surface area contributed by atoms with Gasteiger partial charge in [0.05, 0.1) is 11.5 Å². The van der Waals surface area contributed by atoms with Gasteiger partial charge in [-0.3, -0.25) is 14.2 Å². The van der Waals surface area contributed by atoms with E-state index in [0.717, 1.165) is 6.42 Å². The Kier molecular flexibility index (Phi) is 16.4. The monoisotopic (exact) mass is 457 g/mol. The van der Waals surface area contributed by atoms with Gasteiger partial charge < -0.3 is 4.74 Å². The zero-order valence-electron chi connectivity index (χ0n) is 20.1. The van der Waals surface area contributed by atoms with Gasteiger partial charge in [-0.05, 0) is 46.0 Å². The SMILES string of the molecule is CCCCCCCCCCCCOC(=O)C(C)N(C)C.Cc1ccccc1S(=O)(=O)O. The number of benzene rings is 1. The number of carbonyl (C=O) groups excluding carboxylic acids is 1. The Balaban J connectivity index is 0.000000683. The molecule has 7 heteroatoms. The topological polar surface area (TPSA) is 83.9 Å². The standard InChI is InChI=1S/C17H35NO2.C7H8O3S/c1-5-6-7-8-9-10-11-12-13-14-15-20-17(19)16(2)18(3)4;1-6-4-2-3-5-7(6)11(8,9)10/h16H,5-15H2,1-4H3;2-5H,1H3,(H,8,9,10). The predicted molar refractivity (Wildman–Crippen MR) is 127 cm³/mol. The number of hydrogen-bond donors (Lipinski definition) is 1. The van der Waals surface area contributed by atoms with Gasteiger partial charge in [-0.1, -0.05) is 82.9 Å². The van der Waals surface area contributed by atoms with E-state index < -0.39 is 10.1 Å². The van der Waals surface area contributed by atoms with Crippen molar-refractivity contribution in [3.8, 4) is 0 Å². The maximum Gasteiger partial charge on any atom is 0.323 e. The molecule has 0 fully saturated rings. The van der Waals surface area contributed by atoms with Gasteiger partial charge in [-0.2, -0.15) is 8.42 Å². The molecule has 6 nitrogen and oxygen atoms in total. The van der Waals surface area contributed by atoms with Crippen LogP contribution in [0, 0.1) is 6.92 Å². The molecule has 1 unspecified atom stereocenters. The predicted octanol–water partition coefficient (Wildman–Crippen LogP) is 5.64. The number of unbranched alkanes of at least 4 members (excludes halogenated alkanes) is 9. The van der Waals surface area contributed by atoms with Crippen LogP contribution in [-0.4, -0.2) is 50.6 Å². The molecule has 1 N–H and O–H groups in total. The van der Waals surface area contributed by atoms with Crippen LogP contribution in [0.25, 0.3) is 0 Å². The van der Waals surface area contributed by atoms with E-state index in [1.165, 1.54) is 63.9 Å². The van der Waals surface area contributed by atoms with Gasteiger partial charge >= 0.3 is 5.97 Å². The molecule has 180 valence electrons. The van der Waals surface area contributed by atoms with E-state index in [-0.39, 0.29) is 16.9 Å². The summed E-state index contributed by atoms with van der Waals surface area (Å²) in [4.78, 5) is 13.4. The largest absolute Gasteiger partial charge is 0.465 e. The quantitative estimate of drug-likeness (QED) is 0.221. The van der Waals surface area contributed by atoms with Crippen LogP contribution in [0.5, 0.6) is 0 Å². The van der Waals surface area contributed by atoms with Gasteiger partial charge in [0.15, 0.2) is 0 Å². The number of rotatable bonds is 14. The maximum absolute atomic E-state index is 11.6. The fraction of sp³-hybridized carbons (Fsp3) is 0.708. The lowest BCUT2D eigenvalue weighted by Gasteiger charge is -2.17. The highest BCUT2D eigenvalue weighted by Gasteiger charge is 2.15. The van der Waals surface area contributed by atoms with E-state index in [4.69, 9.17) is 9.29 Å². The van der Waals surface area contributed by atoms with Gasteiger partial charge in [-0.15, -0.1) is 0 Å². The molecule has 1 aromatic rings. The Hall–Kier alpha value is -1.44. The lowest BCUT2D eigenvalue weighted by Crippen LogP contribution is -2.34. The van der Waals surface area contributed by atoms with Gasteiger partial charge in [0.1, 0.15) is 6.04 Å². The molecule has 1 aromatic carbocycles. The number of hydrogen-bond acceptors (Lipinski definition) is 5. The van der Waals surface area contributed by atoms with Crippen LogP contribution in [0.4, 0.5) is 0 Å². The van der Waals surface area contributed by atoms with E-state index in [1.807, 2.05) is 25.9 Å². The highest BCUT2D eigenvalue weighted by atomic mass is 32.2. The van der Waals surface area contributed by atoms with E-state index in [9.17, 15) is 13.2 Å². The van der Waals surface area contributed by atoms with Gasteiger partial charge in [-0.25, -0.2) is 0 Å². The third-order valence-corrected chi connectivity index (χ3v) is 6.24. The van der Waals surface area contributed by atoms with Crippen molar-refractivity contribution in [3.63, 3.8) is 0 Å². The molecule has 31 heavy (non-hydrogen) atoms. The second-order valence-electron chi connectivity index (χ2n) is 8.23. The van der Waals surface area contributed by atoms with Gasteiger partial charge in [0.25, 0.3) is 10.1 Å². The second-order valence-corrected chi connectivity index (χ2v) is 9.62. The van der Waals surface area contributed by atoms with Crippen molar-refractivity contribution in [2.24, 2.45) is 0 Å². The summed E-state index contributed by atoms with van der Waals surface area (Å²) in [5.74, 6) is -0.106. The Bertz CT molecular complexity index is 704. The van der Waals surface area contributed by atoms with Crippen molar-refractivity contribution >= 4 is 16.1 Å². The maximum atomic E-state index is 11.6. The normalized spacial score (nSPS) is 12.2. The molecule has 0 radical (unpaired) electrons. The molecule has 0 aliphatic heterocycles. The number of aryl methyl sites for hydroxylation is 1. The van der Waals surface area contributed by atoms with Crippen LogP contribution >= 0.6 is 0 Å². The number of nitrogens with zero attached hydrogens (tertiary/aromatic N) is 1. The minimum atomic E-state index is -4.03. The number of carbonyl (C=O) groups is 1. The lowest BCUT2D eigenvalue weighted by molar-refractivity contribution is -0.148. The smallest absolute Gasteiger partial charge is 0.323 e. The summed E-state index contributed by atoms with van der Waals surface area (Å²) in [6.45, 7) is 6.34. The average Bonchev–Trinajstić information content (AvgIpc) is 2.71. The zero-order chi connectivity index (χ0) is 23.7. The Morgan fingerprint density at radius 2 is 1.45 bits per heavy atom. The van der Waals surface area contributed by atoms with Crippen LogP contribution < -0.4 is 0 Å². The van der Waals surface area contributed by atoms with E-state index in [0.29, 0.717) is 12.2 Å². The van der Waals surface area contributed by atoms with E-state index in [2.05, 4.69) is 6.92 Å². The molecular formula is C24H43NO5S. The van der Waals surface area contributed by atoms with Crippen molar-refractivity contribution in [2.45, 2.75) is 95.9 Å². The first-order chi connectivity index (χ1) is 14.6. The lowest BCUT2D eigenvalue weighted by atomic mass is 10.1. The van der Waals surface area contributed by atoms with Crippen molar-refractivity contribution in [1.82, 2.24) is 4.90 Å². The molecule has 0 aromatic heterocycles. The third kappa shape index (κ3) is 15.1. The van der Waals surface area contributed by atoms with Crippen molar-refractivity contribution in [3.05, 3.63) is 29.8 Å². The highest BCUT2D eigenvalue weighted by Crippen LogP contribution is 2.13. The summed E-state index contributed by atoms with van der Waals surface area (Å²) in [7, 11) is -0.243. The minimum absolute atomic E-state index is 0.0278. The van der Waals surface area contributed by atoms with E-state index in [1.54, 1.807) is 25.1 Å². The fourth-order valence-corrected chi connectivity index (χ4v) is 3.66. The molecular weight excluding hydrogens is 414 g/mol. The summed E-state index contributed by atoms with van der Waals surface area (Å²) in [5.41, 5.74) is 0.551. The zero-order valence-corrected chi connectivity index (χ0v) is 20.9. The molecule has 1 rings (SSSR count). The first-order valence-electron chi connectivity index (χ1n) is 11.5. The average molecular weight is 458 g/mol.